The second-order valence-corrected chi connectivity index (χ2v) is 5.30. The molecule has 0 saturated carbocycles. The van der Waals surface area contributed by atoms with Crippen LogP contribution < -0.4 is 4.74 Å². The van der Waals surface area contributed by atoms with Gasteiger partial charge in [0.25, 0.3) is 5.91 Å². The van der Waals surface area contributed by atoms with Crippen molar-refractivity contribution in [2.75, 3.05) is 6.54 Å². The number of rotatable bonds is 2. The molecule has 0 aliphatic carbocycles. The Bertz CT molecular complexity index is 517. The van der Waals surface area contributed by atoms with Crippen LogP contribution in [0.15, 0.2) is 24.3 Å². The van der Waals surface area contributed by atoms with Gasteiger partial charge in [-0.3, -0.25) is 4.79 Å². The van der Waals surface area contributed by atoms with Crippen LogP contribution in [0.1, 0.15) is 24.8 Å². The minimum absolute atomic E-state index is 0.201. The van der Waals surface area contributed by atoms with Crippen molar-refractivity contribution in [3.63, 3.8) is 0 Å². The molecule has 3 rings (SSSR count). The number of ether oxygens (including phenoxy) is 1. The zero-order valence-corrected chi connectivity index (χ0v) is 11.1. The fourth-order valence-electron chi connectivity index (χ4n) is 2.96. The number of para-hydroxylation sites is 1. The second-order valence-electron chi connectivity index (χ2n) is 5.30. The van der Waals surface area contributed by atoms with Gasteiger partial charge in [0, 0.05) is 13.0 Å². The van der Waals surface area contributed by atoms with Gasteiger partial charge in [-0.05, 0) is 30.9 Å². The van der Waals surface area contributed by atoms with E-state index in [1.807, 2.05) is 24.3 Å². The van der Waals surface area contributed by atoms with E-state index >= 15 is 0 Å². The van der Waals surface area contributed by atoms with Crippen molar-refractivity contribution >= 4 is 11.9 Å². The first-order valence-corrected chi connectivity index (χ1v) is 6.94. The fourth-order valence-corrected chi connectivity index (χ4v) is 2.96. The van der Waals surface area contributed by atoms with Crippen LogP contribution in [0.2, 0.25) is 0 Å². The molecule has 2 heterocycles. The first kappa shape index (κ1) is 13.0. The largest absolute Gasteiger partial charge is 0.480 e. The van der Waals surface area contributed by atoms with Crippen molar-refractivity contribution in [1.82, 2.24) is 4.90 Å². The fraction of sp³-hybridized carbons (Fsp3) is 0.467. The maximum Gasteiger partial charge on any atom is 0.326 e. The van der Waals surface area contributed by atoms with Gasteiger partial charge in [-0.1, -0.05) is 18.2 Å². The molecule has 0 bridgehead atoms. The molecule has 1 aromatic rings. The molecule has 1 saturated heterocycles. The van der Waals surface area contributed by atoms with Gasteiger partial charge in [-0.2, -0.15) is 0 Å². The molecule has 0 aromatic heterocycles. The van der Waals surface area contributed by atoms with E-state index in [0.717, 1.165) is 24.2 Å². The van der Waals surface area contributed by atoms with Gasteiger partial charge in [-0.15, -0.1) is 0 Å². The van der Waals surface area contributed by atoms with E-state index in [2.05, 4.69) is 0 Å². The summed E-state index contributed by atoms with van der Waals surface area (Å²) >= 11 is 0. The van der Waals surface area contributed by atoms with Crippen LogP contribution in [-0.2, 0) is 16.0 Å². The summed E-state index contributed by atoms with van der Waals surface area (Å²) in [6.07, 6.45) is 2.19. The van der Waals surface area contributed by atoms with Gasteiger partial charge in [0.05, 0.1) is 0 Å². The van der Waals surface area contributed by atoms with Crippen LogP contribution in [0, 0.1) is 0 Å². The third-order valence-corrected chi connectivity index (χ3v) is 3.99. The number of aliphatic carboxylic acids is 1. The van der Waals surface area contributed by atoms with Gasteiger partial charge in [-0.25, -0.2) is 4.79 Å². The quantitative estimate of drug-likeness (QED) is 0.887. The van der Waals surface area contributed by atoms with E-state index in [0.29, 0.717) is 19.4 Å². The van der Waals surface area contributed by atoms with Crippen molar-refractivity contribution in [3.8, 4) is 5.75 Å². The molecule has 0 radical (unpaired) electrons. The molecule has 106 valence electrons. The first-order chi connectivity index (χ1) is 9.66. The molecule has 5 nitrogen and oxygen atoms in total. The highest BCUT2D eigenvalue weighted by Crippen LogP contribution is 2.30. The van der Waals surface area contributed by atoms with E-state index in [-0.39, 0.29) is 5.91 Å². The van der Waals surface area contributed by atoms with E-state index in [1.165, 1.54) is 4.90 Å². The van der Waals surface area contributed by atoms with E-state index in [1.54, 1.807) is 0 Å². The average molecular weight is 275 g/mol. The molecular weight excluding hydrogens is 258 g/mol. The number of carbonyl (C=O) groups is 2. The van der Waals surface area contributed by atoms with Gasteiger partial charge >= 0.3 is 5.97 Å². The zero-order valence-electron chi connectivity index (χ0n) is 11.1. The maximum absolute atomic E-state index is 12.5. The van der Waals surface area contributed by atoms with Crippen molar-refractivity contribution in [2.24, 2.45) is 0 Å². The smallest absolute Gasteiger partial charge is 0.326 e. The summed E-state index contributed by atoms with van der Waals surface area (Å²) in [4.78, 5) is 25.3. The van der Waals surface area contributed by atoms with Gasteiger partial charge in [0.2, 0.25) is 0 Å². The first-order valence-electron chi connectivity index (χ1n) is 6.94. The molecule has 2 aliphatic heterocycles. The topological polar surface area (TPSA) is 66.8 Å². The average Bonchev–Trinajstić information content (AvgIpc) is 2.90. The van der Waals surface area contributed by atoms with Gasteiger partial charge in [0.15, 0.2) is 6.10 Å². The van der Waals surface area contributed by atoms with Crippen LogP contribution in [0.4, 0.5) is 0 Å². The number of piperidine rings is 1. The molecule has 0 spiro atoms. The Kier molecular flexibility index (Phi) is 3.34. The number of nitrogens with zero attached hydrogens (tertiary/aromatic N) is 1. The minimum atomic E-state index is -0.923. The molecule has 20 heavy (non-hydrogen) atoms. The normalized spacial score (nSPS) is 24.9. The molecule has 5 heteroatoms. The lowest BCUT2D eigenvalue weighted by molar-refractivity contribution is -0.155. The summed E-state index contributed by atoms with van der Waals surface area (Å²) in [7, 11) is 0. The summed E-state index contributed by atoms with van der Waals surface area (Å²) in [6.45, 7) is 0.506. The Morgan fingerprint density at radius 1 is 1.25 bits per heavy atom. The molecule has 1 amide bonds. The monoisotopic (exact) mass is 275 g/mol. The summed E-state index contributed by atoms with van der Waals surface area (Å²) < 4.78 is 5.67. The SMILES string of the molecule is O=C(O)C1CCCCN1C(=O)C1Cc2ccccc2O1. The zero-order chi connectivity index (χ0) is 14.1. The van der Waals surface area contributed by atoms with Crippen LogP contribution in [-0.4, -0.2) is 40.6 Å². The Balaban J connectivity index is 1.75. The number of fused-ring (bicyclic) bond motifs is 1. The van der Waals surface area contributed by atoms with Gasteiger partial charge < -0.3 is 14.7 Å². The van der Waals surface area contributed by atoms with Crippen LogP contribution in [0.3, 0.4) is 0 Å². The van der Waals surface area contributed by atoms with Crippen molar-refractivity contribution in [3.05, 3.63) is 29.8 Å². The van der Waals surface area contributed by atoms with E-state index in [4.69, 9.17) is 4.74 Å². The Labute approximate surface area is 117 Å². The summed E-state index contributed by atoms with van der Waals surface area (Å²) in [5, 5.41) is 9.24. The third kappa shape index (κ3) is 2.24. The highest BCUT2D eigenvalue weighted by atomic mass is 16.5. The molecule has 2 unspecified atom stereocenters. The number of amides is 1. The van der Waals surface area contributed by atoms with Crippen molar-refractivity contribution < 1.29 is 19.4 Å². The minimum Gasteiger partial charge on any atom is -0.480 e. The van der Waals surface area contributed by atoms with Crippen molar-refractivity contribution in [1.29, 1.82) is 0 Å². The third-order valence-electron chi connectivity index (χ3n) is 3.99. The standard InChI is InChI=1S/C15H17NO4/c17-14(16-8-4-3-6-11(16)15(18)19)13-9-10-5-1-2-7-12(10)20-13/h1-2,5,7,11,13H,3-4,6,8-9H2,(H,18,19). The number of carboxylic acid groups (broad SMARTS) is 1. The van der Waals surface area contributed by atoms with Crippen LogP contribution in [0.25, 0.3) is 0 Å². The Morgan fingerprint density at radius 3 is 2.80 bits per heavy atom. The Morgan fingerprint density at radius 2 is 2.05 bits per heavy atom. The van der Waals surface area contributed by atoms with Crippen molar-refractivity contribution in [2.45, 2.75) is 37.8 Å². The number of likely N-dealkylation sites (tertiary alicyclic amines) is 1. The lowest BCUT2D eigenvalue weighted by Crippen LogP contribution is -2.52. The number of carboxylic acids is 1. The number of carbonyl (C=O) groups excluding carboxylic acids is 1. The maximum atomic E-state index is 12.5. The highest BCUT2D eigenvalue weighted by Gasteiger charge is 2.38. The molecule has 2 atom stereocenters. The lowest BCUT2D eigenvalue weighted by atomic mass is 10.0. The summed E-state index contributed by atoms with van der Waals surface area (Å²) in [5.41, 5.74) is 1.01. The second kappa shape index (κ2) is 5.15. The number of hydrogen-bond acceptors (Lipinski definition) is 3. The molecular formula is C15H17NO4. The molecule has 2 aliphatic rings. The molecule has 1 fully saturated rings. The number of hydrogen-bond donors (Lipinski definition) is 1. The lowest BCUT2D eigenvalue weighted by Gasteiger charge is -2.34. The molecule has 1 N–H and O–H groups in total. The Hall–Kier alpha value is -2.04. The molecule has 1 aromatic carbocycles. The summed E-state index contributed by atoms with van der Waals surface area (Å²) in [6, 6.07) is 6.85. The predicted molar refractivity (Wildman–Crippen MR) is 71.5 cm³/mol. The van der Waals surface area contributed by atoms with Gasteiger partial charge in [0.1, 0.15) is 11.8 Å². The predicted octanol–water partition coefficient (Wildman–Crippen LogP) is 1.46. The van der Waals surface area contributed by atoms with E-state index < -0.39 is 18.1 Å². The summed E-state index contributed by atoms with van der Waals surface area (Å²) in [5.74, 6) is -0.392. The highest BCUT2D eigenvalue weighted by molar-refractivity contribution is 5.87. The number of benzene rings is 1. The van der Waals surface area contributed by atoms with Crippen LogP contribution >= 0.6 is 0 Å². The van der Waals surface area contributed by atoms with E-state index in [9.17, 15) is 14.7 Å². The van der Waals surface area contributed by atoms with Crippen LogP contribution in [0.5, 0.6) is 5.75 Å².